The zero-order valence-electron chi connectivity index (χ0n) is 10.4. The van der Waals surface area contributed by atoms with Crippen LogP contribution in [0.5, 0.6) is 0 Å². The fraction of sp³-hybridized carbons (Fsp3) is 0.286. The highest BCUT2D eigenvalue weighted by molar-refractivity contribution is 7.07. The van der Waals surface area contributed by atoms with Crippen LogP contribution in [0, 0.1) is 6.92 Å². The largest absolute Gasteiger partial charge is 0.416 e. The summed E-state index contributed by atoms with van der Waals surface area (Å²) >= 11 is 1.62. The molecule has 19 heavy (non-hydrogen) atoms. The molecule has 2 rings (SSSR count). The number of hydrogen-bond donors (Lipinski definition) is 1. The van der Waals surface area contributed by atoms with Crippen molar-refractivity contribution in [1.29, 1.82) is 0 Å². The Morgan fingerprint density at radius 2 is 2.00 bits per heavy atom. The van der Waals surface area contributed by atoms with Crippen molar-refractivity contribution in [2.24, 2.45) is 0 Å². The number of hydrogen-bond acceptors (Lipinski definition) is 2. The standard InChI is InChI=1S/C14H14F3NS/c1-10-2-3-12(14(15,16)17)8-13(10)18-6-4-11-5-7-19-9-11/h2-3,5,7-9,18H,4,6H2,1H3. The second-order valence-electron chi connectivity index (χ2n) is 4.34. The number of nitrogens with one attached hydrogen (secondary N) is 1. The third kappa shape index (κ3) is 3.73. The van der Waals surface area contributed by atoms with Gasteiger partial charge in [-0.15, -0.1) is 0 Å². The summed E-state index contributed by atoms with van der Waals surface area (Å²) < 4.78 is 37.9. The predicted molar refractivity (Wildman–Crippen MR) is 72.7 cm³/mol. The molecule has 0 spiro atoms. The van der Waals surface area contributed by atoms with E-state index in [1.54, 1.807) is 18.3 Å². The minimum Gasteiger partial charge on any atom is -0.384 e. The van der Waals surface area contributed by atoms with Gasteiger partial charge in [0.05, 0.1) is 5.56 Å². The van der Waals surface area contributed by atoms with Gasteiger partial charge in [0.2, 0.25) is 0 Å². The van der Waals surface area contributed by atoms with Gasteiger partial charge in [0, 0.05) is 12.2 Å². The molecule has 0 fully saturated rings. The van der Waals surface area contributed by atoms with Crippen molar-refractivity contribution in [3.63, 3.8) is 0 Å². The number of anilines is 1. The zero-order chi connectivity index (χ0) is 13.9. The van der Waals surface area contributed by atoms with Crippen LogP contribution in [0.1, 0.15) is 16.7 Å². The Morgan fingerprint density at radius 1 is 1.21 bits per heavy atom. The average Bonchev–Trinajstić information content (AvgIpc) is 2.83. The van der Waals surface area contributed by atoms with Gasteiger partial charge in [-0.2, -0.15) is 24.5 Å². The summed E-state index contributed by atoms with van der Waals surface area (Å²) in [6, 6.07) is 5.80. The van der Waals surface area contributed by atoms with Gasteiger partial charge < -0.3 is 5.32 Å². The third-order valence-corrected chi connectivity index (χ3v) is 3.61. The Balaban J connectivity index is 2.03. The molecule has 0 saturated carbocycles. The molecule has 1 N–H and O–H groups in total. The highest BCUT2D eigenvalue weighted by atomic mass is 32.1. The fourth-order valence-corrected chi connectivity index (χ4v) is 2.47. The summed E-state index contributed by atoms with van der Waals surface area (Å²) in [7, 11) is 0. The lowest BCUT2D eigenvalue weighted by molar-refractivity contribution is -0.137. The van der Waals surface area contributed by atoms with E-state index >= 15 is 0 Å². The first-order chi connectivity index (χ1) is 8.97. The van der Waals surface area contributed by atoms with E-state index in [0.29, 0.717) is 12.2 Å². The van der Waals surface area contributed by atoms with Crippen LogP contribution >= 0.6 is 11.3 Å². The van der Waals surface area contributed by atoms with E-state index in [2.05, 4.69) is 5.32 Å². The van der Waals surface area contributed by atoms with Gasteiger partial charge in [-0.3, -0.25) is 0 Å². The second kappa shape index (κ2) is 5.65. The Hall–Kier alpha value is -1.49. The van der Waals surface area contributed by atoms with Crippen molar-refractivity contribution >= 4 is 17.0 Å². The average molecular weight is 285 g/mol. The van der Waals surface area contributed by atoms with Gasteiger partial charge in [0.15, 0.2) is 0 Å². The number of alkyl halides is 3. The smallest absolute Gasteiger partial charge is 0.384 e. The first-order valence-electron chi connectivity index (χ1n) is 5.89. The normalized spacial score (nSPS) is 11.6. The molecular weight excluding hydrogens is 271 g/mol. The molecule has 0 aliphatic rings. The highest BCUT2D eigenvalue weighted by Gasteiger charge is 2.30. The van der Waals surface area contributed by atoms with E-state index in [1.807, 2.05) is 16.8 Å². The van der Waals surface area contributed by atoms with E-state index in [4.69, 9.17) is 0 Å². The van der Waals surface area contributed by atoms with E-state index < -0.39 is 11.7 Å². The van der Waals surface area contributed by atoms with Crippen LogP contribution in [-0.4, -0.2) is 6.54 Å². The third-order valence-electron chi connectivity index (χ3n) is 2.87. The first-order valence-corrected chi connectivity index (χ1v) is 6.84. The lowest BCUT2D eigenvalue weighted by Crippen LogP contribution is -2.09. The van der Waals surface area contributed by atoms with Crippen molar-refractivity contribution in [3.05, 3.63) is 51.7 Å². The maximum atomic E-state index is 12.6. The molecule has 1 heterocycles. The summed E-state index contributed by atoms with van der Waals surface area (Å²) in [5.41, 5.74) is 1.95. The van der Waals surface area contributed by atoms with Crippen LogP contribution in [0.2, 0.25) is 0 Å². The van der Waals surface area contributed by atoms with Crippen LogP contribution in [0.4, 0.5) is 18.9 Å². The van der Waals surface area contributed by atoms with E-state index in [-0.39, 0.29) is 0 Å². The summed E-state index contributed by atoms with van der Waals surface area (Å²) in [5.74, 6) is 0. The molecule has 0 radical (unpaired) electrons. The molecule has 0 aliphatic carbocycles. The van der Waals surface area contributed by atoms with E-state index in [0.717, 1.165) is 18.1 Å². The highest BCUT2D eigenvalue weighted by Crippen LogP contribution is 2.31. The number of benzene rings is 1. The van der Waals surface area contributed by atoms with Gasteiger partial charge >= 0.3 is 6.18 Å². The molecule has 102 valence electrons. The van der Waals surface area contributed by atoms with E-state index in [9.17, 15) is 13.2 Å². The quantitative estimate of drug-likeness (QED) is 0.856. The monoisotopic (exact) mass is 285 g/mol. The van der Waals surface area contributed by atoms with Crippen LogP contribution in [0.15, 0.2) is 35.0 Å². The minimum atomic E-state index is -4.29. The van der Waals surface area contributed by atoms with Gasteiger partial charge in [-0.1, -0.05) is 6.07 Å². The SMILES string of the molecule is Cc1ccc(C(F)(F)F)cc1NCCc1ccsc1. The van der Waals surface area contributed by atoms with Crippen LogP contribution in [-0.2, 0) is 12.6 Å². The summed E-state index contributed by atoms with van der Waals surface area (Å²) in [6.07, 6.45) is -3.49. The van der Waals surface area contributed by atoms with Gasteiger partial charge in [-0.05, 0) is 53.4 Å². The molecule has 0 bridgehead atoms. The maximum Gasteiger partial charge on any atom is 0.416 e. The van der Waals surface area contributed by atoms with Crippen molar-refractivity contribution in [2.75, 3.05) is 11.9 Å². The molecule has 0 atom stereocenters. The van der Waals surface area contributed by atoms with Gasteiger partial charge in [0.1, 0.15) is 0 Å². The summed E-state index contributed by atoms with van der Waals surface area (Å²) in [4.78, 5) is 0. The van der Waals surface area contributed by atoms with Crippen molar-refractivity contribution in [1.82, 2.24) is 0 Å². The van der Waals surface area contributed by atoms with Gasteiger partial charge in [0.25, 0.3) is 0 Å². The van der Waals surface area contributed by atoms with Crippen molar-refractivity contribution in [3.8, 4) is 0 Å². The molecular formula is C14H14F3NS. The molecule has 0 unspecified atom stereocenters. The first kappa shape index (κ1) is 13.9. The Bertz CT molecular complexity index is 532. The second-order valence-corrected chi connectivity index (χ2v) is 5.12. The molecule has 2 aromatic rings. The number of thiophene rings is 1. The minimum absolute atomic E-state index is 0.546. The van der Waals surface area contributed by atoms with Crippen molar-refractivity contribution < 1.29 is 13.2 Å². The lowest BCUT2D eigenvalue weighted by Gasteiger charge is -2.13. The summed E-state index contributed by atoms with van der Waals surface area (Å²) in [5, 5.41) is 7.10. The zero-order valence-corrected chi connectivity index (χ0v) is 11.2. The molecule has 1 nitrogen and oxygen atoms in total. The van der Waals surface area contributed by atoms with Crippen LogP contribution in [0.3, 0.4) is 0 Å². The Morgan fingerprint density at radius 3 is 2.63 bits per heavy atom. The fourth-order valence-electron chi connectivity index (χ4n) is 1.77. The van der Waals surface area contributed by atoms with Gasteiger partial charge in [-0.25, -0.2) is 0 Å². The molecule has 0 saturated heterocycles. The summed E-state index contributed by atoms with van der Waals surface area (Å²) in [6.45, 7) is 2.42. The number of aryl methyl sites for hydroxylation is 1. The predicted octanol–water partition coefficient (Wildman–Crippen LogP) is 4.73. The molecule has 0 amide bonds. The molecule has 5 heteroatoms. The van der Waals surface area contributed by atoms with Crippen molar-refractivity contribution in [2.45, 2.75) is 19.5 Å². The topological polar surface area (TPSA) is 12.0 Å². The Labute approximate surface area is 114 Å². The van der Waals surface area contributed by atoms with Crippen LogP contribution < -0.4 is 5.32 Å². The molecule has 0 aliphatic heterocycles. The van der Waals surface area contributed by atoms with E-state index in [1.165, 1.54) is 17.7 Å². The number of rotatable bonds is 4. The maximum absolute atomic E-state index is 12.6. The Kier molecular flexibility index (Phi) is 4.14. The molecule has 1 aromatic carbocycles. The lowest BCUT2D eigenvalue weighted by atomic mass is 10.1. The van der Waals surface area contributed by atoms with Crippen LogP contribution in [0.25, 0.3) is 0 Å². The number of halogens is 3. The molecule has 1 aromatic heterocycles.